The van der Waals surface area contributed by atoms with Crippen molar-refractivity contribution < 1.29 is 14.0 Å². The normalized spacial score (nSPS) is 14.6. The molecule has 1 N–H and O–H groups in total. The van der Waals surface area contributed by atoms with Gasteiger partial charge in [-0.05, 0) is 18.2 Å². The second kappa shape index (κ2) is 2.23. The van der Waals surface area contributed by atoms with Crippen molar-refractivity contribution >= 4 is 22.8 Å². The van der Waals surface area contributed by atoms with Crippen molar-refractivity contribution in [1.29, 1.82) is 0 Å². The molecule has 2 aromatic rings. The van der Waals surface area contributed by atoms with Crippen molar-refractivity contribution in [1.82, 2.24) is 5.32 Å². The van der Waals surface area contributed by atoms with E-state index < -0.39 is 0 Å². The van der Waals surface area contributed by atoms with E-state index in [1.807, 2.05) is 0 Å². The molecule has 1 aromatic carbocycles. The van der Waals surface area contributed by atoms with E-state index in [1.165, 1.54) is 6.26 Å². The average Bonchev–Trinajstić information content (AvgIpc) is 2.71. The molecule has 0 fully saturated rings. The molecule has 0 unspecified atom stereocenters. The van der Waals surface area contributed by atoms with Gasteiger partial charge in [-0.25, -0.2) is 0 Å². The van der Waals surface area contributed by atoms with Gasteiger partial charge in [-0.3, -0.25) is 14.9 Å². The molecule has 0 radical (unpaired) electrons. The molecule has 0 saturated heterocycles. The van der Waals surface area contributed by atoms with Gasteiger partial charge in [0, 0.05) is 5.39 Å². The van der Waals surface area contributed by atoms with Crippen LogP contribution in [0.3, 0.4) is 0 Å². The van der Waals surface area contributed by atoms with Gasteiger partial charge in [0.2, 0.25) is 0 Å². The molecule has 3 rings (SSSR count). The Bertz CT molecular complexity index is 568. The van der Waals surface area contributed by atoms with Gasteiger partial charge >= 0.3 is 0 Å². The average molecular weight is 187 g/mol. The highest BCUT2D eigenvalue weighted by Gasteiger charge is 2.29. The second-order valence-corrected chi connectivity index (χ2v) is 3.10. The zero-order valence-electron chi connectivity index (χ0n) is 7.03. The van der Waals surface area contributed by atoms with Gasteiger partial charge < -0.3 is 4.42 Å². The third kappa shape index (κ3) is 0.724. The van der Waals surface area contributed by atoms with Crippen LogP contribution in [-0.2, 0) is 0 Å². The minimum Gasteiger partial charge on any atom is -0.464 e. The molecule has 1 aromatic heterocycles. The number of furan rings is 1. The Kier molecular flexibility index (Phi) is 1.16. The number of carbonyl (C=O) groups excluding carboxylic acids is 2. The standard InChI is InChI=1S/C10H5NO3/c12-9-6-1-2-7-5(3-4-14-7)8(6)10(13)11-9/h1-4H,(H,11,12,13). The lowest BCUT2D eigenvalue weighted by Gasteiger charge is -1.94. The Morgan fingerprint density at radius 3 is 2.79 bits per heavy atom. The van der Waals surface area contributed by atoms with E-state index in [0.717, 1.165) is 0 Å². The monoisotopic (exact) mass is 187 g/mol. The number of benzene rings is 1. The van der Waals surface area contributed by atoms with E-state index in [-0.39, 0.29) is 11.8 Å². The lowest BCUT2D eigenvalue weighted by atomic mass is 10.1. The Morgan fingerprint density at radius 2 is 1.93 bits per heavy atom. The summed E-state index contributed by atoms with van der Waals surface area (Å²) in [5.74, 6) is -0.690. The van der Waals surface area contributed by atoms with Gasteiger partial charge in [0.1, 0.15) is 5.58 Å². The topological polar surface area (TPSA) is 59.3 Å². The van der Waals surface area contributed by atoms with Gasteiger partial charge in [0.25, 0.3) is 11.8 Å². The Hall–Kier alpha value is -2.10. The van der Waals surface area contributed by atoms with Gasteiger partial charge in [0.15, 0.2) is 0 Å². The number of hydrogen-bond acceptors (Lipinski definition) is 3. The first-order valence-electron chi connectivity index (χ1n) is 4.13. The lowest BCUT2D eigenvalue weighted by molar-refractivity contribution is 0.0880. The van der Waals surface area contributed by atoms with Crippen LogP contribution in [0.25, 0.3) is 11.0 Å². The summed E-state index contributed by atoms with van der Waals surface area (Å²) in [4.78, 5) is 22.7. The first-order chi connectivity index (χ1) is 6.77. The Labute approximate surface area is 78.5 Å². The minimum absolute atomic E-state index is 0.340. The van der Waals surface area contributed by atoms with E-state index in [9.17, 15) is 9.59 Å². The summed E-state index contributed by atoms with van der Waals surface area (Å²) >= 11 is 0. The number of imide groups is 1. The molecular formula is C10H5NO3. The smallest absolute Gasteiger partial charge is 0.259 e. The van der Waals surface area contributed by atoms with Gasteiger partial charge in [0.05, 0.1) is 17.4 Å². The fourth-order valence-corrected chi connectivity index (χ4v) is 1.71. The number of amides is 2. The lowest BCUT2D eigenvalue weighted by Crippen LogP contribution is -2.19. The molecule has 0 spiro atoms. The SMILES string of the molecule is O=C1NC(=O)c2c1ccc1occc21. The van der Waals surface area contributed by atoms with E-state index in [0.29, 0.717) is 22.1 Å². The zero-order valence-corrected chi connectivity index (χ0v) is 7.03. The molecule has 0 atom stereocenters. The number of fused-ring (bicyclic) bond motifs is 3. The molecule has 2 heterocycles. The molecule has 0 aliphatic carbocycles. The van der Waals surface area contributed by atoms with Crippen molar-refractivity contribution in [2.75, 3.05) is 0 Å². The van der Waals surface area contributed by atoms with Crippen LogP contribution in [-0.4, -0.2) is 11.8 Å². The molecule has 0 bridgehead atoms. The zero-order chi connectivity index (χ0) is 9.71. The molecule has 1 aliphatic heterocycles. The predicted octanol–water partition coefficient (Wildman–Crippen LogP) is 1.32. The maximum atomic E-state index is 11.4. The molecule has 14 heavy (non-hydrogen) atoms. The summed E-state index contributed by atoms with van der Waals surface area (Å²) < 4.78 is 5.14. The first-order valence-corrected chi connectivity index (χ1v) is 4.13. The quantitative estimate of drug-likeness (QED) is 0.632. The fraction of sp³-hybridized carbons (Fsp3) is 0. The maximum absolute atomic E-state index is 11.4. The summed E-state index contributed by atoms with van der Waals surface area (Å²) in [5.41, 5.74) is 1.46. The molecule has 1 aliphatic rings. The van der Waals surface area contributed by atoms with Crippen LogP contribution >= 0.6 is 0 Å². The number of carbonyl (C=O) groups is 2. The van der Waals surface area contributed by atoms with E-state index in [1.54, 1.807) is 18.2 Å². The Balaban J connectivity index is 2.51. The summed E-state index contributed by atoms with van der Waals surface area (Å²) in [6.45, 7) is 0. The largest absolute Gasteiger partial charge is 0.464 e. The summed E-state index contributed by atoms with van der Waals surface area (Å²) in [7, 11) is 0. The highest BCUT2D eigenvalue weighted by molar-refractivity contribution is 6.26. The number of rotatable bonds is 0. The molecule has 2 amide bonds. The van der Waals surface area contributed by atoms with Crippen molar-refractivity contribution in [2.24, 2.45) is 0 Å². The summed E-state index contributed by atoms with van der Waals surface area (Å²) in [5, 5.41) is 2.93. The highest BCUT2D eigenvalue weighted by Crippen LogP contribution is 2.26. The maximum Gasteiger partial charge on any atom is 0.259 e. The van der Waals surface area contributed by atoms with Gasteiger partial charge in [-0.15, -0.1) is 0 Å². The van der Waals surface area contributed by atoms with E-state index in [4.69, 9.17) is 4.42 Å². The van der Waals surface area contributed by atoms with Crippen LogP contribution in [0.15, 0.2) is 28.9 Å². The van der Waals surface area contributed by atoms with Crippen molar-refractivity contribution in [2.45, 2.75) is 0 Å². The van der Waals surface area contributed by atoms with Crippen molar-refractivity contribution in [3.8, 4) is 0 Å². The first kappa shape index (κ1) is 7.32. The van der Waals surface area contributed by atoms with Crippen molar-refractivity contribution in [3.05, 3.63) is 35.6 Å². The van der Waals surface area contributed by atoms with E-state index >= 15 is 0 Å². The fourth-order valence-electron chi connectivity index (χ4n) is 1.71. The summed E-state index contributed by atoms with van der Waals surface area (Å²) in [6, 6.07) is 4.97. The van der Waals surface area contributed by atoms with Crippen LogP contribution in [0.2, 0.25) is 0 Å². The van der Waals surface area contributed by atoms with Crippen LogP contribution in [0.4, 0.5) is 0 Å². The van der Waals surface area contributed by atoms with Crippen LogP contribution in [0, 0.1) is 0 Å². The molecule has 0 saturated carbocycles. The molecule has 4 nitrogen and oxygen atoms in total. The minimum atomic E-state index is -0.350. The van der Waals surface area contributed by atoms with Crippen LogP contribution in [0.1, 0.15) is 20.7 Å². The van der Waals surface area contributed by atoms with Crippen LogP contribution in [0.5, 0.6) is 0 Å². The van der Waals surface area contributed by atoms with Crippen molar-refractivity contribution in [3.63, 3.8) is 0 Å². The highest BCUT2D eigenvalue weighted by atomic mass is 16.3. The predicted molar refractivity (Wildman–Crippen MR) is 48.0 cm³/mol. The Morgan fingerprint density at radius 1 is 1.07 bits per heavy atom. The number of hydrogen-bond donors (Lipinski definition) is 1. The second-order valence-electron chi connectivity index (χ2n) is 3.10. The molecular weight excluding hydrogens is 182 g/mol. The molecule has 68 valence electrons. The summed E-state index contributed by atoms with van der Waals surface area (Å²) in [6.07, 6.45) is 1.50. The van der Waals surface area contributed by atoms with E-state index in [2.05, 4.69) is 5.32 Å². The van der Waals surface area contributed by atoms with Gasteiger partial charge in [-0.1, -0.05) is 0 Å². The van der Waals surface area contributed by atoms with Crippen LogP contribution < -0.4 is 5.32 Å². The third-order valence-electron chi connectivity index (χ3n) is 2.33. The van der Waals surface area contributed by atoms with Gasteiger partial charge in [-0.2, -0.15) is 0 Å². The number of nitrogens with one attached hydrogen (secondary N) is 1. The molecule has 4 heteroatoms. The third-order valence-corrected chi connectivity index (χ3v) is 2.33.